The van der Waals surface area contributed by atoms with Crippen molar-refractivity contribution >= 4 is 33.2 Å². The number of benzene rings is 2. The van der Waals surface area contributed by atoms with Crippen molar-refractivity contribution < 1.29 is 13.2 Å². The van der Waals surface area contributed by atoms with Crippen LogP contribution in [0.15, 0.2) is 47.4 Å². The first kappa shape index (κ1) is 18.4. The quantitative estimate of drug-likeness (QED) is 0.883. The molecule has 1 N–H and O–H groups in total. The Bertz CT molecular complexity index is 828. The summed E-state index contributed by atoms with van der Waals surface area (Å²) in [6.07, 6.45) is 0. The van der Waals surface area contributed by atoms with E-state index in [2.05, 4.69) is 5.32 Å². The van der Waals surface area contributed by atoms with Gasteiger partial charge in [-0.05, 0) is 43.2 Å². The highest BCUT2D eigenvalue weighted by atomic mass is 35.5. The third kappa shape index (κ3) is 4.14. The lowest BCUT2D eigenvalue weighted by Crippen LogP contribution is -2.35. The second kappa shape index (κ2) is 7.34. The molecule has 0 saturated carbocycles. The Morgan fingerprint density at radius 3 is 2.38 bits per heavy atom. The average Bonchev–Trinajstić information content (AvgIpc) is 2.51. The minimum absolute atomic E-state index is 0.143. The van der Waals surface area contributed by atoms with Crippen LogP contribution in [-0.4, -0.2) is 32.2 Å². The maximum absolute atomic E-state index is 12.4. The highest BCUT2D eigenvalue weighted by Crippen LogP contribution is 2.27. The van der Waals surface area contributed by atoms with Gasteiger partial charge in [0.1, 0.15) is 0 Å². The molecule has 0 atom stereocenters. The fourth-order valence-corrected chi connectivity index (χ4v) is 3.83. The summed E-state index contributed by atoms with van der Waals surface area (Å²) in [5.41, 5.74) is 2.30. The van der Waals surface area contributed by atoms with Crippen LogP contribution in [0, 0.1) is 13.8 Å². The summed E-state index contributed by atoms with van der Waals surface area (Å²) in [6.45, 7) is 3.44. The third-order valence-corrected chi connectivity index (χ3v) is 5.63. The minimum atomic E-state index is -3.71. The van der Waals surface area contributed by atoms with E-state index in [1.165, 1.54) is 19.2 Å². The zero-order chi connectivity index (χ0) is 17.9. The Labute approximate surface area is 147 Å². The van der Waals surface area contributed by atoms with Gasteiger partial charge in [-0.2, -0.15) is 4.31 Å². The van der Waals surface area contributed by atoms with Gasteiger partial charge in [0.15, 0.2) is 0 Å². The largest absolute Gasteiger partial charge is 0.323 e. The van der Waals surface area contributed by atoms with Gasteiger partial charge in [0.25, 0.3) is 0 Å². The van der Waals surface area contributed by atoms with E-state index < -0.39 is 15.9 Å². The molecule has 0 radical (unpaired) electrons. The highest BCUT2D eigenvalue weighted by molar-refractivity contribution is 7.89. The van der Waals surface area contributed by atoms with Gasteiger partial charge in [0, 0.05) is 7.05 Å². The maximum Gasteiger partial charge on any atom is 0.243 e. The molecule has 0 saturated heterocycles. The van der Waals surface area contributed by atoms with E-state index in [-0.39, 0.29) is 11.4 Å². The van der Waals surface area contributed by atoms with E-state index in [1.807, 2.05) is 19.9 Å². The van der Waals surface area contributed by atoms with Crippen LogP contribution in [0.1, 0.15) is 11.1 Å². The molecule has 0 fully saturated rings. The Morgan fingerprint density at radius 2 is 1.79 bits per heavy atom. The lowest BCUT2D eigenvalue weighted by atomic mass is 10.1. The molecular weight excluding hydrogens is 348 g/mol. The van der Waals surface area contributed by atoms with Crippen molar-refractivity contribution in [3.8, 4) is 0 Å². The molecule has 0 bridgehead atoms. The predicted molar refractivity (Wildman–Crippen MR) is 95.8 cm³/mol. The molecule has 24 heavy (non-hydrogen) atoms. The molecule has 0 heterocycles. The van der Waals surface area contributed by atoms with Gasteiger partial charge in [0.05, 0.1) is 22.2 Å². The monoisotopic (exact) mass is 366 g/mol. The van der Waals surface area contributed by atoms with Crippen LogP contribution >= 0.6 is 11.6 Å². The first-order valence-corrected chi connectivity index (χ1v) is 9.11. The SMILES string of the molecule is Cc1cc(C)c(NC(=O)CN(C)S(=O)(=O)c2ccccc2)c(Cl)c1. The van der Waals surface area contributed by atoms with Crippen LogP contribution < -0.4 is 5.32 Å². The molecule has 0 aliphatic carbocycles. The maximum atomic E-state index is 12.4. The minimum Gasteiger partial charge on any atom is -0.323 e. The van der Waals surface area contributed by atoms with Gasteiger partial charge in [-0.15, -0.1) is 0 Å². The van der Waals surface area contributed by atoms with Gasteiger partial charge in [-0.25, -0.2) is 8.42 Å². The van der Waals surface area contributed by atoms with Crippen LogP contribution in [-0.2, 0) is 14.8 Å². The summed E-state index contributed by atoms with van der Waals surface area (Å²) < 4.78 is 25.8. The number of hydrogen-bond donors (Lipinski definition) is 1. The number of nitrogens with zero attached hydrogens (tertiary/aromatic N) is 1. The number of likely N-dealkylation sites (N-methyl/N-ethyl adjacent to an activating group) is 1. The fourth-order valence-electron chi connectivity index (χ4n) is 2.31. The van der Waals surface area contributed by atoms with E-state index in [9.17, 15) is 13.2 Å². The Balaban J connectivity index is 2.13. The predicted octanol–water partition coefficient (Wildman–Crippen LogP) is 3.22. The van der Waals surface area contributed by atoms with Crippen LogP contribution in [0.2, 0.25) is 5.02 Å². The Kier molecular flexibility index (Phi) is 5.64. The van der Waals surface area contributed by atoms with Gasteiger partial charge >= 0.3 is 0 Å². The number of halogens is 1. The molecule has 5 nitrogen and oxygen atoms in total. The van der Waals surface area contributed by atoms with Crippen molar-refractivity contribution in [3.63, 3.8) is 0 Å². The normalized spacial score (nSPS) is 11.5. The third-order valence-electron chi connectivity index (χ3n) is 3.51. The topological polar surface area (TPSA) is 66.5 Å². The summed E-state index contributed by atoms with van der Waals surface area (Å²) in [5.74, 6) is -0.453. The molecule has 2 rings (SSSR count). The van der Waals surface area contributed by atoms with Crippen LogP contribution in [0.5, 0.6) is 0 Å². The zero-order valence-electron chi connectivity index (χ0n) is 13.7. The second-order valence-electron chi connectivity index (χ2n) is 5.56. The Morgan fingerprint density at radius 1 is 1.17 bits per heavy atom. The van der Waals surface area contributed by atoms with E-state index in [0.29, 0.717) is 10.7 Å². The molecule has 1 amide bonds. The molecule has 0 aliphatic rings. The van der Waals surface area contributed by atoms with E-state index in [0.717, 1.165) is 15.4 Å². The number of rotatable bonds is 5. The molecule has 7 heteroatoms. The van der Waals surface area contributed by atoms with Gasteiger partial charge < -0.3 is 5.32 Å². The first-order chi connectivity index (χ1) is 11.2. The zero-order valence-corrected chi connectivity index (χ0v) is 15.3. The van der Waals surface area contributed by atoms with Crippen molar-refractivity contribution in [1.82, 2.24) is 4.31 Å². The first-order valence-electron chi connectivity index (χ1n) is 7.30. The van der Waals surface area contributed by atoms with E-state index >= 15 is 0 Å². The van der Waals surface area contributed by atoms with Crippen LogP contribution in [0.4, 0.5) is 5.69 Å². The molecule has 0 spiro atoms. The summed E-state index contributed by atoms with van der Waals surface area (Å²) in [5, 5.41) is 3.11. The molecule has 0 aliphatic heterocycles. The molecule has 2 aromatic carbocycles. The fraction of sp³-hybridized carbons (Fsp3) is 0.235. The number of aryl methyl sites for hydroxylation is 2. The number of sulfonamides is 1. The van der Waals surface area contributed by atoms with Crippen LogP contribution in [0.25, 0.3) is 0 Å². The molecule has 2 aromatic rings. The van der Waals surface area contributed by atoms with E-state index in [4.69, 9.17) is 11.6 Å². The molecular formula is C17H19ClN2O3S. The summed E-state index contributed by atoms with van der Waals surface area (Å²) in [6, 6.07) is 11.6. The van der Waals surface area contributed by atoms with Crippen molar-refractivity contribution in [2.75, 3.05) is 18.9 Å². The standard InChI is InChI=1S/C17H19ClN2O3S/c1-12-9-13(2)17(15(18)10-12)19-16(21)11-20(3)24(22,23)14-7-5-4-6-8-14/h4-10H,11H2,1-3H3,(H,19,21). The number of anilines is 1. The van der Waals surface area contributed by atoms with Crippen molar-refractivity contribution in [2.45, 2.75) is 18.7 Å². The van der Waals surface area contributed by atoms with Gasteiger partial charge in [-0.1, -0.05) is 35.9 Å². The number of amides is 1. The van der Waals surface area contributed by atoms with E-state index in [1.54, 1.807) is 24.3 Å². The second-order valence-corrected chi connectivity index (χ2v) is 8.01. The highest BCUT2D eigenvalue weighted by Gasteiger charge is 2.23. The molecule has 128 valence electrons. The average molecular weight is 367 g/mol. The van der Waals surface area contributed by atoms with Gasteiger partial charge in [-0.3, -0.25) is 4.79 Å². The molecule has 0 unspecified atom stereocenters. The lowest BCUT2D eigenvalue weighted by Gasteiger charge is -2.18. The smallest absolute Gasteiger partial charge is 0.243 e. The molecule has 0 aromatic heterocycles. The Hall–Kier alpha value is -1.89. The summed E-state index contributed by atoms with van der Waals surface area (Å²) >= 11 is 6.15. The number of carbonyl (C=O) groups excluding carboxylic acids is 1. The van der Waals surface area contributed by atoms with Crippen LogP contribution in [0.3, 0.4) is 0 Å². The number of hydrogen-bond acceptors (Lipinski definition) is 3. The van der Waals surface area contributed by atoms with Gasteiger partial charge in [0.2, 0.25) is 15.9 Å². The number of carbonyl (C=O) groups is 1. The van der Waals surface area contributed by atoms with Crippen molar-refractivity contribution in [2.24, 2.45) is 0 Å². The van der Waals surface area contributed by atoms with Crippen molar-refractivity contribution in [1.29, 1.82) is 0 Å². The number of nitrogens with one attached hydrogen (secondary N) is 1. The lowest BCUT2D eigenvalue weighted by molar-refractivity contribution is -0.116. The summed E-state index contributed by atoms with van der Waals surface area (Å²) in [4.78, 5) is 12.4. The van der Waals surface area contributed by atoms with Crippen molar-refractivity contribution in [3.05, 3.63) is 58.6 Å². The summed E-state index contributed by atoms with van der Waals surface area (Å²) in [7, 11) is -2.35.